The van der Waals surface area contributed by atoms with Crippen molar-refractivity contribution in [1.82, 2.24) is 4.90 Å². The molecule has 0 saturated carbocycles. The van der Waals surface area contributed by atoms with Gasteiger partial charge in [0, 0.05) is 6.04 Å². The fourth-order valence-electron chi connectivity index (χ4n) is 3.14. The molecule has 0 aromatic heterocycles. The van der Waals surface area contributed by atoms with Crippen LogP contribution in [-0.2, 0) is 0 Å². The molecule has 1 nitrogen and oxygen atoms in total. The van der Waals surface area contributed by atoms with Crippen molar-refractivity contribution in [1.29, 1.82) is 0 Å². The van der Waals surface area contributed by atoms with Gasteiger partial charge in [0.15, 0.2) is 0 Å². The van der Waals surface area contributed by atoms with Crippen LogP contribution in [0.3, 0.4) is 0 Å². The zero-order valence-corrected chi connectivity index (χ0v) is 13.0. The van der Waals surface area contributed by atoms with E-state index in [0.29, 0.717) is 12.0 Å². The molecule has 106 valence electrons. The molecule has 1 aliphatic rings. The van der Waals surface area contributed by atoms with Crippen LogP contribution >= 0.6 is 0 Å². The smallest absolute Gasteiger partial charge is 0.0319 e. The zero-order chi connectivity index (χ0) is 13.8. The van der Waals surface area contributed by atoms with E-state index in [0.717, 1.165) is 5.92 Å². The molecule has 1 fully saturated rings. The quantitative estimate of drug-likeness (QED) is 0.736. The standard InChI is InChI=1S/C18H29N/c1-5-16-9-11-19(12-10-16)15(4)18-8-6-7-17(13-18)14(2)3/h6-8,13-16H,5,9-12H2,1-4H3/t15-/m1/s1. The molecule has 1 aliphatic heterocycles. The second kappa shape index (κ2) is 6.56. The Morgan fingerprint density at radius 1 is 1.11 bits per heavy atom. The highest BCUT2D eigenvalue weighted by molar-refractivity contribution is 5.27. The van der Waals surface area contributed by atoms with Crippen molar-refractivity contribution in [2.24, 2.45) is 5.92 Å². The van der Waals surface area contributed by atoms with Gasteiger partial charge in [-0.25, -0.2) is 0 Å². The van der Waals surface area contributed by atoms with E-state index >= 15 is 0 Å². The summed E-state index contributed by atoms with van der Waals surface area (Å²) in [5.41, 5.74) is 2.95. The monoisotopic (exact) mass is 259 g/mol. The summed E-state index contributed by atoms with van der Waals surface area (Å²) in [5, 5.41) is 0. The van der Waals surface area contributed by atoms with Crippen LogP contribution < -0.4 is 0 Å². The van der Waals surface area contributed by atoms with Crippen LogP contribution in [-0.4, -0.2) is 18.0 Å². The summed E-state index contributed by atoms with van der Waals surface area (Å²) < 4.78 is 0. The van der Waals surface area contributed by atoms with Crippen molar-refractivity contribution in [3.63, 3.8) is 0 Å². The Bertz CT molecular complexity index is 388. The van der Waals surface area contributed by atoms with E-state index in [1.807, 2.05) is 0 Å². The number of hydrogen-bond donors (Lipinski definition) is 0. The van der Waals surface area contributed by atoms with Crippen LogP contribution in [0.2, 0.25) is 0 Å². The van der Waals surface area contributed by atoms with E-state index in [4.69, 9.17) is 0 Å². The lowest BCUT2D eigenvalue weighted by Gasteiger charge is -2.36. The Balaban J connectivity index is 2.03. The molecule has 1 atom stereocenters. The fourth-order valence-corrected chi connectivity index (χ4v) is 3.14. The number of piperidine rings is 1. The van der Waals surface area contributed by atoms with E-state index < -0.39 is 0 Å². The topological polar surface area (TPSA) is 3.24 Å². The van der Waals surface area contributed by atoms with Crippen LogP contribution in [0.1, 0.15) is 70.0 Å². The van der Waals surface area contributed by atoms with Gasteiger partial charge in [-0.05, 0) is 55.8 Å². The summed E-state index contributed by atoms with van der Waals surface area (Å²) in [5.74, 6) is 1.59. The summed E-state index contributed by atoms with van der Waals surface area (Å²) in [7, 11) is 0. The van der Waals surface area contributed by atoms with E-state index in [1.165, 1.54) is 43.5 Å². The molecular weight excluding hydrogens is 230 g/mol. The van der Waals surface area contributed by atoms with Crippen LogP contribution in [0, 0.1) is 5.92 Å². The van der Waals surface area contributed by atoms with Gasteiger partial charge in [0.2, 0.25) is 0 Å². The van der Waals surface area contributed by atoms with Gasteiger partial charge in [-0.1, -0.05) is 51.5 Å². The SMILES string of the molecule is CCC1CCN([C@H](C)c2cccc(C(C)C)c2)CC1. The molecule has 0 aliphatic carbocycles. The minimum absolute atomic E-state index is 0.566. The van der Waals surface area contributed by atoms with Crippen molar-refractivity contribution in [2.75, 3.05) is 13.1 Å². The Morgan fingerprint density at radius 3 is 2.32 bits per heavy atom. The predicted octanol–water partition coefficient (Wildman–Crippen LogP) is 4.99. The maximum Gasteiger partial charge on any atom is 0.0319 e. The van der Waals surface area contributed by atoms with Gasteiger partial charge in [-0.3, -0.25) is 4.90 Å². The van der Waals surface area contributed by atoms with E-state index in [2.05, 4.69) is 56.9 Å². The second-order valence-corrected chi connectivity index (χ2v) is 6.39. The van der Waals surface area contributed by atoms with Gasteiger partial charge < -0.3 is 0 Å². The molecule has 0 amide bonds. The zero-order valence-electron chi connectivity index (χ0n) is 13.0. The third-order valence-electron chi connectivity index (χ3n) is 4.83. The number of nitrogens with zero attached hydrogens (tertiary/aromatic N) is 1. The average molecular weight is 259 g/mol. The van der Waals surface area contributed by atoms with Gasteiger partial charge in [-0.15, -0.1) is 0 Å². The molecule has 1 aromatic carbocycles. The molecule has 0 radical (unpaired) electrons. The molecule has 0 unspecified atom stereocenters. The first-order chi connectivity index (χ1) is 9.11. The Morgan fingerprint density at radius 2 is 1.74 bits per heavy atom. The predicted molar refractivity (Wildman–Crippen MR) is 83.5 cm³/mol. The van der Waals surface area contributed by atoms with E-state index in [9.17, 15) is 0 Å². The molecule has 19 heavy (non-hydrogen) atoms. The largest absolute Gasteiger partial charge is 0.297 e. The number of likely N-dealkylation sites (tertiary alicyclic amines) is 1. The van der Waals surface area contributed by atoms with Crippen molar-refractivity contribution in [3.05, 3.63) is 35.4 Å². The minimum Gasteiger partial charge on any atom is -0.297 e. The van der Waals surface area contributed by atoms with Gasteiger partial charge in [-0.2, -0.15) is 0 Å². The third-order valence-corrected chi connectivity index (χ3v) is 4.83. The molecule has 0 bridgehead atoms. The summed E-state index contributed by atoms with van der Waals surface area (Å²) in [6, 6.07) is 9.74. The van der Waals surface area contributed by atoms with E-state index in [1.54, 1.807) is 0 Å². The lowest BCUT2D eigenvalue weighted by atomic mass is 9.92. The molecular formula is C18H29N. The van der Waals surface area contributed by atoms with Gasteiger partial charge in [0.25, 0.3) is 0 Å². The molecule has 0 N–H and O–H groups in total. The lowest BCUT2D eigenvalue weighted by Crippen LogP contribution is -2.35. The number of benzene rings is 1. The highest BCUT2D eigenvalue weighted by Gasteiger charge is 2.22. The van der Waals surface area contributed by atoms with Gasteiger partial charge in [0.1, 0.15) is 0 Å². The van der Waals surface area contributed by atoms with Crippen LogP contribution in [0.15, 0.2) is 24.3 Å². The normalized spacial score (nSPS) is 19.8. The molecule has 1 aromatic rings. The molecule has 2 rings (SSSR count). The number of hydrogen-bond acceptors (Lipinski definition) is 1. The summed E-state index contributed by atoms with van der Waals surface area (Å²) in [4.78, 5) is 2.66. The Hall–Kier alpha value is -0.820. The van der Waals surface area contributed by atoms with Crippen molar-refractivity contribution in [2.45, 2.75) is 58.9 Å². The Labute approximate surface area is 119 Å². The molecule has 1 heterocycles. The van der Waals surface area contributed by atoms with Crippen LogP contribution in [0.4, 0.5) is 0 Å². The van der Waals surface area contributed by atoms with Crippen LogP contribution in [0.25, 0.3) is 0 Å². The summed E-state index contributed by atoms with van der Waals surface area (Å²) >= 11 is 0. The maximum absolute atomic E-state index is 2.66. The first-order valence-corrected chi connectivity index (χ1v) is 7.95. The van der Waals surface area contributed by atoms with Crippen molar-refractivity contribution in [3.8, 4) is 0 Å². The lowest BCUT2D eigenvalue weighted by molar-refractivity contribution is 0.139. The van der Waals surface area contributed by atoms with Crippen molar-refractivity contribution >= 4 is 0 Å². The van der Waals surface area contributed by atoms with Gasteiger partial charge in [0.05, 0.1) is 0 Å². The average Bonchev–Trinajstić information content (AvgIpc) is 2.46. The highest BCUT2D eigenvalue weighted by atomic mass is 15.2. The molecule has 0 spiro atoms. The first-order valence-electron chi connectivity index (χ1n) is 7.95. The fraction of sp³-hybridized carbons (Fsp3) is 0.667. The van der Waals surface area contributed by atoms with E-state index in [-0.39, 0.29) is 0 Å². The Kier molecular flexibility index (Phi) is 5.04. The first kappa shape index (κ1) is 14.6. The summed E-state index contributed by atoms with van der Waals surface area (Å²) in [6.45, 7) is 11.8. The van der Waals surface area contributed by atoms with Crippen LogP contribution in [0.5, 0.6) is 0 Å². The molecule has 1 saturated heterocycles. The van der Waals surface area contributed by atoms with Crippen molar-refractivity contribution < 1.29 is 0 Å². The highest BCUT2D eigenvalue weighted by Crippen LogP contribution is 2.29. The number of rotatable bonds is 4. The second-order valence-electron chi connectivity index (χ2n) is 6.39. The van der Waals surface area contributed by atoms with Gasteiger partial charge >= 0.3 is 0 Å². The summed E-state index contributed by atoms with van der Waals surface area (Å²) in [6.07, 6.45) is 4.11. The third kappa shape index (κ3) is 3.60. The maximum atomic E-state index is 2.66. The minimum atomic E-state index is 0.566. The molecule has 1 heteroatoms.